The number of hydrogen-bond donors (Lipinski definition) is 3. The lowest BCUT2D eigenvalue weighted by Gasteiger charge is -2.26. The molecule has 0 saturated carbocycles. The number of ether oxygens (including phenoxy) is 2. The Balaban J connectivity index is 1.49. The number of nitrogens with one attached hydrogen (secondary N) is 1. The highest BCUT2D eigenvalue weighted by Gasteiger charge is 2.40. The van der Waals surface area contributed by atoms with Crippen LogP contribution in [0.4, 0.5) is 5.82 Å². The van der Waals surface area contributed by atoms with Gasteiger partial charge in [0.15, 0.2) is 17.3 Å². The lowest BCUT2D eigenvalue weighted by molar-refractivity contribution is -0.213. The van der Waals surface area contributed by atoms with Gasteiger partial charge in [0, 0.05) is 19.5 Å². The molecule has 4 N–H and O–H groups in total. The van der Waals surface area contributed by atoms with Crippen LogP contribution < -0.4 is 11.1 Å². The zero-order valence-electron chi connectivity index (χ0n) is 16.5. The highest BCUT2D eigenvalue weighted by atomic mass is 16.6. The maximum Gasteiger partial charge on any atom is 0.167 e. The van der Waals surface area contributed by atoms with Gasteiger partial charge in [0.2, 0.25) is 0 Å². The molecule has 0 bridgehead atoms. The fraction of sp³-hybridized carbons (Fsp3) is 0.450. The van der Waals surface area contributed by atoms with Crippen LogP contribution in [-0.2, 0) is 16.0 Å². The van der Waals surface area contributed by atoms with Crippen LogP contribution in [-0.4, -0.2) is 49.2 Å². The number of fused-ring (bicyclic) bond motifs is 1. The molecule has 3 atom stereocenters. The summed E-state index contributed by atoms with van der Waals surface area (Å²) >= 11 is 0. The van der Waals surface area contributed by atoms with Gasteiger partial charge in [-0.15, -0.1) is 0 Å². The summed E-state index contributed by atoms with van der Waals surface area (Å²) in [7, 11) is 0. The number of imidazole rings is 1. The number of hydrogen-bond acceptors (Lipinski definition) is 8. The van der Waals surface area contributed by atoms with Crippen LogP contribution in [0.5, 0.6) is 0 Å². The number of nitrogens with zero attached hydrogens (tertiary/aromatic N) is 4. The molecule has 29 heavy (non-hydrogen) atoms. The van der Waals surface area contributed by atoms with E-state index < -0.39 is 5.79 Å². The van der Waals surface area contributed by atoms with Crippen LogP contribution in [0, 0.1) is 0 Å². The lowest BCUT2D eigenvalue weighted by Crippen LogP contribution is -2.40. The second-order valence-corrected chi connectivity index (χ2v) is 7.67. The average Bonchev–Trinajstić information content (AvgIpc) is 3.26. The van der Waals surface area contributed by atoms with Crippen molar-refractivity contribution in [1.29, 1.82) is 0 Å². The Labute approximate surface area is 168 Å². The van der Waals surface area contributed by atoms with Crippen molar-refractivity contribution in [3.8, 4) is 0 Å². The van der Waals surface area contributed by atoms with Crippen molar-refractivity contribution >= 4 is 17.0 Å². The van der Waals surface area contributed by atoms with E-state index in [9.17, 15) is 5.11 Å². The molecule has 0 spiro atoms. The molecule has 9 nitrogen and oxygen atoms in total. The van der Waals surface area contributed by atoms with Crippen molar-refractivity contribution in [2.24, 2.45) is 0 Å². The maximum atomic E-state index is 10.2. The summed E-state index contributed by atoms with van der Waals surface area (Å²) in [5.74, 6) is -0.929. The summed E-state index contributed by atoms with van der Waals surface area (Å²) in [5, 5.41) is 13.6. The van der Waals surface area contributed by atoms with Gasteiger partial charge in [0.1, 0.15) is 18.1 Å². The SMILES string of the molecule is CC(C)(O)O[C@H]1CC(n2cnc3c(N)ncnc32)O[C@@H]1CNCc1ccccc1. The summed E-state index contributed by atoms with van der Waals surface area (Å²) in [6.07, 6.45) is 2.75. The van der Waals surface area contributed by atoms with E-state index in [1.54, 1.807) is 20.2 Å². The van der Waals surface area contributed by atoms with E-state index in [-0.39, 0.29) is 18.4 Å². The number of rotatable bonds is 7. The van der Waals surface area contributed by atoms with E-state index in [2.05, 4.69) is 32.4 Å². The number of anilines is 1. The fourth-order valence-corrected chi connectivity index (χ4v) is 3.58. The Bertz CT molecular complexity index is 956. The van der Waals surface area contributed by atoms with Crippen LogP contribution in [0.15, 0.2) is 43.0 Å². The topological polar surface area (TPSA) is 120 Å². The molecule has 0 amide bonds. The monoisotopic (exact) mass is 398 g/mol. The van der Waals surface area contributed by atoms with Crippen LogP contribution in [0.2, 0.25) is 0 Å². The minimum atomic E-state index is -1.26. The molecule has 4 rings (SSSR count). The first-order valence-electron chi connectivity index (χ1n) is 9.64. The molecular formula is C20H26N6O3. The van der Waals surface area contributed by atoms with Crippen molar-refractivity contribution in [2.75, 3.05) is 12.3 Å². The molecule has 0 radical (unpaired) electrons. The van der Waals surface area contributed by atoms with Crippen molar-refractivity contribution < 1.29 is 14.6 Å². The average molecular weight is 398 g/mol. The van der Waals surface area contributed by atoms with Gasteiger partial charge >= 0.3 is 0 Å². The first-order valence-corrected chi connectivity index (χ1v) is 9.64. The standard InChI is InChI=1S/C20H26N6O3/c1-20(2,27)29-14-8-16(26-12-25-17-18(21)23-11-24-19(17)26)28-15(14)10-22-9-13-6-4-3-5-7-13/h3-7,11-12,14-16,22,27H,8-10H2,1-2H3,(H2,21,23,24)/t14-,15+,16?/m0/s1. The molecular weight excluding hydrogens is 372 g/mol. The van der Waals surface area contributed by atoms with Crippen LogP contribution >= 0.6 is 0 Å². The molecule has 1 aliphatic heterocycles. The van der Waals surface area contributed by atoms with E-state index in [0.29, 0.717) is 29.9 Å². The predicted molar refractivity (Wildman–Crippen MR) is 108 cm³/mol. The summed E-state index contributed by atoms with van der Waals surface area (Å²) in [4.78, 5) is 12.6. The third kappa shape index (κ3) is 4.54. The quantitative estimate of drug-likeness (QED) is 0.513. The van der Waals surface area contributed by atoms with E-state index >= 15 is 0 Å². The smallest absolute Gasteiger partial charge is 0.167 e. The predicted octanol–water partition coefficient (Wildman–Crippen LogP) is 1.60. The van der Waals surface area contributed by atoms with Crippen molar-refractivity contribution in [2.45, 2.75) is 51.0 Å². The minimum Gasteiger partial charge on any atom is -0.382 e. The minimum absolute atomic E-state index is 0.244. The molecule has 0 aliphatic carbocycles. The van der Waals surface area contributed by atoms with E-state index in [1.165, 1.54) is 11.9 Å². The Morgan fingerprint density at radius 2 is 2.07 bits per heavy atom. The molecule has 3 heterocycles. The number of aromatic nitrogens is 4. The number of nitrogens with two attached hydrogens (primary N) is 1. The van der Waals surface area contributed by atoms with Gasteiger partial charge in [-0.1, -0.05) is 30.3 Å². The highest BCUT2D eigenvalue weighted by molar-refractivity contribution is 5.81. The second-order valence-electron chi connectivity index (χ2n) is 7.67. The lowest BCUT2D eigenvalue weighted by atomic mass is 10.1. The second kappa shape index (κ2) is 8.03. The van der Waals surface area contributed by atoms with Gasteiger partial charge in [-0.25, -0.2) is 15.0 Å². The summed E-state index contributed by atoms with van der Waals surface area (Å²) < 4.78 is 14.0. The Morgan fingerprint density at radius 1 is 1.28 bits per heavy atom. The van der Waals surface area contributed by atoms with Gasteiger partial charge in [0.25, 0.3) is 0 Å². The molecule has 9 heteroatoms. The third-order valence-electron chi connectivity index (χ3n) is 4.84. The molecule has 2 aromatic heterocycles. The van der Waals surface area contributed by atoms with Gasteiger partial charge in [-0.3, -0.25) is 4.57 Å². The largest absolute Gasteiger partial charge is 0.382 e. The Morgan fingerprint density at radius 3 is 2.83 bits per heavy atom. The van der Waals surface area contributed by atoms with Crippen molar-refractivity contribution in [1.82, 2.24) is 24.8 Å². The van der Waals surface area contributed by atoms with Gasteiger partial charge in [-0.2, -0.15) is 0 Å². The van der Waals surface area contributed by atoms with Gasteiger partial charge in [-0.05, 0) is 19.4 Å². The van der Waals surface area contributed by atoms with E-state index in [4.69, 9.17) is 15.2 Å². The third-order valence-corrected chi connectivity index (χ3v) is 4.84. The number of nitrogen functional groups attached to an aromatic ring is 1. The van der Waals surface area contributed by atoms with E-state index in [1.807, 2.05) is 22.8 Å². The molecule has 3 aromatic rings. The number of benzene rings is 1. The molecule has 154 valence electrons. The van der Waals surface area contributed by atoms with Crippen molar-refractivity contribution in [3.63, 3.8) is 0 Å². The maximum absolute atomic E-state index is 10.2. The summed E-state index contributed by atoms with van der Waals surface area (Å²) in [6.45, 7) is 4.54. The van der Waals surface area contributed by atoms with Gasteiger partial charge in [0.05, 0.1) is 18.5 Å². The Kier molecular flexibility index (Phi) is 5.46. The first kappa shape index (κ1) is 19.7. The van der Waals surface area contributed by atoms with Crippen molar-refractivity contribution in [3.05, 3.63) is 48.5 Å². The zero-order valence-corrected chi connectivity index (χ0v) is 16.5. The molecule has 1 fully saturated rings. The van der Waals surface area contributed by atoms with Crippen LogP contribution in [0.1, 0.15) is 32.1 Å². The van der Waals surface area contributed by atoms with E-state index in [0.717, 1.165) is 6.54 Å². The Hall–Kier alpha value is -2.59. The summed E-state index contributed by atoms with van der Waals surface area (Å²) in [6, 6.07) is 10.1. The first-order chi connectivity index (χ1) is 13.9. The molecule has 1 unspecified atom stereocenters. The zero-order chi connectivity index (χ0) is 20.4. The number of aliphatic hydroxyl groups is 1. The summed E-state index contributed by atoms with van der Waals surface area (Å²) in [5.41, 5.74) is 8.24. The van der Waals surface area contributed by atoms with Crippen LogP contribution in [0.25, 0.3) is 11.2 Å². The normalized spacial score (nSPS) is 22.4. The molecule has 1 aromatic carbocycles. The highest BCUT2D eigenvalue weighted by Crippen LogP contribution is 2.34. The fourth-order valence-electron chi connectivity index (χ4n) is 3.58. The van der Waals surface area contributed by atoms with Crippen LogP contribution in [0.3, 0.4) is 0 Å². The van der Waals surface area contributed by atoms with Gasteiger partial charge < -0.3 is 25.6 Å². The molecule has 1 saturated heterocycles. The molecule has 1 aliphatic rings.